The molecule has 0 N–H and O–H groups in total. The Morgan fingerprint density at radius 3 is 2.40 bits per heavy atom. The molecule has 0 radical (unpaired) electrons. The van der Waals surface area contributed by atoms with Gasteiger partial charge in [0.05, 0.1) is 0 Å². The summed E-state index contributed by atoms with van der Waals surface area (Å²) in [5.74, 6) is 0. The van der Waals surface area contributed by atoms with Crippen molar-refractivity contribution in [2.24, 2.45) is 5.41 Å². The first kappa shape index (κ1) is 15.3. The van der Waals surface area contributed by atoms with E-state index in [1.165, 1.54) is 12.8 Å². The molecule has 1 nitrogen and oxygen atoms in total. The SMILES string of the molecule is CCCCCOCCC(C)(C)C=C(Cl)Cl. The molecule has 0 fully saturated rings. The molecule has 0 unspecified atom stereocenters. The summed E-state index contributed by atoms with van der Waals surface area (Å²) in [7, 11) is 0. The molecule has 0 amide bonds. The summed E-state index contributed by atoms with van der Waals surface area (Å²) in [6, 6.07) is 0. The second-order valence-electron chi connectivity index (χ2n) is 4.49. The number of unbranched alkanes of at least 4 members (excludes halogenated alkanes) is 2. The Kier molecular flexibility index (Phi) is 8.59. The van der Waals surface area contributed by atoms with Gasteiger partial charge in [0.15, 0.2) is 0 Å². The average molecular weight is 253 g/mol. The predicted octanol–water partition coefficient (Wildman–Crippen LogP) is 4.93. The highest BCUT2D eigenvalue weighted by Gasteiger charge is 2.14. The minimum absolute atomic E-state index is 0.0175. The summed E-state index contributed by atoms with van der Waals surface area (Å²) in [4.78, 5) is 0. The van der Waals surface area contributed by atoms with Crippen molar-refractivity contribution in [3.8, 4) is 0 Å². The molecular formula is C12H22Cl2O. The normalized spacial score (nSPS) is 11.5. The zero-order valence-electron chi connectivity index (χ0n) is 9.98. The smallest absolute Gasteiger partial charge is 0.103 e. The number of ether oxygens (including phenoxy) is 1. The summed E-state index contributed by atoms with van der Waals surface area (Å²) < 4.78 is 5.88. The predicted molar refractivity (Wildman–Crippen MR) is 68.5 cm³/mol. The van der Waals surface area contributed by atoms with Crippen molar-refractivity contribution >= 4 is 23.2 Å². The lowest BCUT2D eigenvalue weighted by Gasteiger charge is -2.19. The van der Waals surface area contributed by atoms with Crippen LogP contribution in [0, 0.1) is 5.41 Å². The lowest BCUT2D eigenvalue weighted by atomic mass is 9.90. The summed E-state index contributed by atoms with van der Waals surface area (Å²) in [5.41, 5.74) is 0.0175. The van der Waals surface area contributed by atoms with Crippen molar-refractivity contribution in [1.82, 2.24) is 0 Å². The van der Waals surface area contributed by atoms with E-state index in [0.29, 0.717) is 4.49 Å². The fourth-order valence-electron chi connectivity index (χ4n) is 1.26. The highest BCUT2D eigenvalue weighted by molar-refractivity contribution is 6.55. The molecule has 0 aliphatic carbocycles. The van der Waals surface area contributed by atoms with Gasteiger partial charge in [-0.2, -0.15) is 0 Å². The highest BCUT2D eigenvalue weighted by Crippen LogP contribution is 2.26. The lowest BCUT2D eigenvalue weighted by Crippen LogP contribution is -2.12. The number of hydrogen-bond donors (Lipinski definition) is 0. The van der Waals surface area contributed by atoms with Crippen LogP contribution in [0.3, 0.4) is 0 Å². The van der Waals surface area contributed by atoms with Crippen LogP contribution >= 0.6 is 23.2 Å². The van der Waals surface area contributed by atoms with Crippen LogP contribution in [0.5, 0.6) is 0 Å². The number of halogens is 2. The van der Waals surface area contributed by atoms with Crippen LogP contribution in [0.25, 0.3) is 0 Å². The zero-order chi connectivity index (χ0) is 11.7. The van der Waals surface area contributed by atoms with Gasteiger partial charge in [0.25, 0.3) is 0 Å². The molecule has 0 spiro atoms. The third-order valence-electron chi connectivity index (χ3n) is 2.28. The standard InChI is InChI=1S/C12H22Cl2O/c1-4-5-6-8-15-9-7-12(2,3)10-11(13)14/h10H,4-9H2,1-3H3. The Labute approximate surface area is 104 Å². The summed E-state index contributed by atoms with van der Waals surface area (Å²) >= 11 is 11.3. The lowest BCUT2D eigenvalue weighted by molar-refractivity contribution is 0.110. The zero-order valence-corrected chi connectivity index (χ0v) is 11.5. The number of rotatable bonds is 8. The van der Waals surface area contributed by atoms with Crippen molar-refractivity contribution < 1.29 is 4.74 Å². The van der Waals surface area contributed by atoms with Crippen LogP contribution in [0.1, 0.15) is 46.5 Å². The first-order valence-corrected chi connectivity index (χ1v) is 6.35. The maximum absolute atomic E-state index is 5.63. The molecule has 90 valence electrons. The van der Waals surface area contributed by atoms with E-state index < -0.39 is 0 Å². The van der Waals surface area contributed by atoms with E-state index in [1.807, 2.05) is 6.08 Å². The molecule has 0 saturated heterocycles. The third kappa shape index (κ3) is 10.6. The second kappa shape index (κ2) is 8.43. The van der Waals surface area contributed by atoms with Crippen molar-refractivity contribution in [3.05, 3.63) is 10.6 Å². The van der Waals surface area contributed by atoms with Crippen molar-refractivity contribution in [2.75, 3.05) is 13.2 Å². The first-order chi connectivity index (χ1) is 6.98. The Balaban J connectivity index is 3.53. The molecule has 3 heteroatoms. The molecule has 0 bridgehead atoms. The fraction of sp³-hybridized carbons (Fsp3) is 0.833. The maximum atomic E-state index is 5.63. The summed E-state index contributed by atoms with van der Waals surface area (Å²) in [5, 5.41) is 0. The molecule has 0 saturated carbocycles. The fourth-order valence-corrected chi connectivity index (χ4v) is 1.85. The second-order valence-corrected chi connectivity index (χ2v) is 5.50. The van der Waals surface area contributed by atoms with E-state index in [4.69, 9.17) is 27.9 Å². The molecule has 0 aromatic carbocycles. The Hall–Kier alpha value is 0.280. The van der Waals surface area contributed by atoms with Gasteiger partial charge < -0.3 is 4.74 Å². The van der Waals surface area contributed by atoms with Gasteiger partial charge in [0.1, 0.15) is 4.49 Å². The maximum Gasteiger partial charge on any atom is 0.103 e. The molecule has 15 heavy (non-hydrogen) atoms. The van der Waals surface area contributed by atoms with Gasteiger partial charge in [-0.05, 0) is 24.3 Å². The van der Waals surface area contributed by atoms with Crippen LogP contribution in [-0.2, 0) is 4.74 Å². The van der Waals surface area contributed by atoms with Crippen molar-refractivity contribution in [2.45, 2.75) is 46.5 Å². The van der Waals surface area contributed by atoms with Crippen LogP contribution in [0.15, 0.2) is 10.6 Å². The molecule has 0 aliphatic rings. The van der Waals surface area contributed by atoms with E-state index in [2.05, 4.69) is 20.8 Å². The van der Waals surface area contributed by atoms with Gasteiger partial charge in [0.2, 0.25) is 0 Å². The van der Waals surface area contributed by atoms with Crippen LogP contribution in [-0.4, -0.2) is 13.2 Å². The molecule has 0 heterocycles. The van der Waals surface area contributed by atoms with E-state index in [1.54, 1.807) is 0 Å². The molecule has 0 aromatic rings. The minimum Gasteiger partial charge on any atom is -0.381 e. The molecule has 0 rings (SSSR count). The van der Waals surface area contributed by atoms with Gasteiger partial charge in [0, 0.05) is 13.2 Å². The Morgan fingerprint density at radius 1 is 1.20 bits per heavy atom. The first-order valence-electron chi connectivity index (χ1n) is 5.59. The van der Waals surface area contributed by atoms with Crippen LogP contribution in [0.2, 0.25) is 0 Å². The monoisotopic (exact) mass is 252 g/mol. The van der Waals surface area contributed by atoms with E-state index in [0.717, 1.165) is 26.1 Å². The van der Waals surface area contributed by atoms with Gasteiger partial charge >= 0.3 is 0 Å². The number of allylic oxidation sites excluding steroid dienone is 1. The van der Waals surface area contributed by atoms with Crippen LogP contribution in [0.4, 0.5) is 0 Å². The highest BCUT2D eigenvalue weighted by atomic mass is 35.5. The van der Waals surface area contributed by atoms with E-state index >= 15 is 0 Å². The minimum atomic E-state index is 0.0175. The number of hydrogen-bond acceptors (Lipinski definition) is 1. The van der Waals surface area contributed by atoms with Crippen molar-refractivity contribution in [1.29, 1.82) is 0 Å². The van der Waals surface area contributed by atoms with Crippen molar-refractivity contribution in [3.63, 3.8) is 0 Å². The Morgan fingerprint density at radius 2 is 1.87 bits per heavy atom. The topological polar surface area (TPSA) is 9.23 Å². The average Bonchev–Trinajstić information content (AvgIpc) is 2.08. The Bertz CT molecular complexity index is 184. The molecule has 0 aliphatic heterocycles. The largest absolute Gasteiger partial charge is 0.381 e. The van der Waals surface area contributed by atoms with Gasteiger partial charge in [-0.3, -0.25) is 0 Å². The van der Waals surface area contributed by atoms with E-state index in [-0.39, 0.29) is 5.41 Å². The van der Waals surface area contributed by atoms with Gasteiger partial charge in [-0.15, -0.1) is 0 Å². The van der Waals surface area contributed by atoms with Gasteiger partial charge in [-0.25, -0.2) is 0 Å². The van der Waals surface area contributed by atoms with Crippen LogP contribution < -0.4 is 0 Å². The summed E-state index contributed by atoms with van der Waals surface area (Å²) in [6.45, 7) is 8.03. The molecular weight excluding hydrogens is 231 g/mol. The van der Waals surface area contributed by atoms with E-state index in [9.17, 15) is 0 Å². The van der Waals surface area contributed by atoms with Gasteiger partial charge in [-0.1, -0.05) is 56.8 Å². The molecule has 0 aromatic heterocycles. The molecule has 0 atom stereocenters. The quantitative estimate of drug-likeness (QED) is 0.557. The third-order valence-corrected chi connectivity index (χ3v) is 2.50. The summed E-state index contributed by atoms with van der Waals surface area (Å²) in [6.07, 6.45) is 6.45.